The Morgan fingerprint density at radius 2 is 1.52 bits per heavy atom. The van der Waals surface area contributed by atoms with Crippen molar-refractivity contribution in [2.75, 3.05) is 0 Å². The molecule has 233 valence electrons. The summed E-state index contributed by atoms with van der Waals surface area (Å²) in [5, 5.41) is 2.12. The standard InChI is InChI=1S/C26H20NO.C15H18GeN.Ir/c1-17(2)19-14-15-27-24(16-19)23-13-7-12-22-21-11-6-10-20(25(21)28-26(22)23)18-8-4-3-5-9-18;1-12-10-15(13-8-6-5-7-9-13)17-11-14(12)16(2,3)4;/h3-12,14-17H,1-2H3;5-8,10-11H,1-4H3;/q2*-1;/i17D;;. The molecule has 7 rings (SSSR count). The molecule has 0 aliphatic heterocycles. The van der Waals surface area contributed by atoms with Crippen LogP contribution in [0.25, 0.3) is 55.6 Å². The van der Waals surface area contributed by atoms with Crippen molar-refractivity contribution in [2.24, 2.45) is 0 Å². The zero-order valence-corrected chi connectivity index (χ0v) is 31.6. The van der Waals surface area contributed by atoms with Crippen molar-refractivity contribution in [1.82, 2.24) is 9.97 Å². The van der Waals surface area contributed by atoms with Crippen molar-refractivity contribution >= 4 is 39.6 Å². The number of para-hydroxylation sites is 1. The molecule has 0 amide bonds. The molecule has 0 unspecified atom stereocenters. The van der Waals surface area contributed by atoms with E-state index in [1.54, 1.807) is 6.20 Å². The Kier molecular flexibility index (Phi) is 9.98. The van der Waals surface area contributed by atoms with E-state index in [0.717, 1.165) is 61.1 Å². The summed E-state index contributed by atoms with van der Waals surface area (Å²) in [5.74, 6) is 6.51. The van der Waals surface area contributed by atoms with E-state index in [1.165, 1.54) is 9.96 Å². The molecule has 0 N–H and O–H groups in total. The van der Waals surface area contributed by atoms with Gasteiger partial charge in [-0.15, -0.1) is 18.2 Å². The average molecular weight is 841 g/mol. The van der Waals surface area contributed by atoms with Crippen LogP contribution in [0.5, 0.6) is 0 Å². The Labute approximate surface area is 290 Å². The molecule has 0 aliphatic rings. The Morgan fingerprint density at radius 1 is 0.761 bits per heavy atom. The molecule has 4 aromatic carbocycles. The number of pyridine rings is 2. The Hall–Kier alpha value is -3.83. The van der Waals surface area contributed by atoms with Crippen molar-refractivity contribution in [3.05, 3.63) is 139 Å². The smallest absolute Gasteiger partial charge is 0.128 e. The molecule has 3 heterocycles. The maximum Gasteiger partial charge on any atom is 0.128 e. The van der Waals surface area contributed by atoms with E-state index in [2.05, 4.69) is 95.0 Å². The van der Waals surface area contributed by atoms with Gasteiger partial charge in [-0.3, -0.25) is 0 Å². The maximum atomic E-state index is 8.34. The molecular formula is C41H38GeIrN2O-2. The van der Waals surface area contributed by atoms with Crippen molar-refractivity contribution in [3.63, 3.8) is 0 Å². The van der Waals surface area contributed by atoms with Crippen LogP contribution < -0.4 is 4.40 Å². The van der Waals surface area contributed by atoms with Crippen LogP contribution in [0.4, 0.5) is 0 Å². The van der Waals surface area contributed by atoms with Gasteiger partial charge in [0.15, 0.2) is 0 Å². The molecule has 0 bridgehead atoms. The van der Waals surface area contributed by atoms with Gasteiger partial charge in [-0.2, -0.15) is 0 Å². The third kappa shape index (κ3) is 7.10. The molecule has 0 aliphatic carbocycles. The first-order chi connectivity index (χ1) is 22.0. The number of aryl methyl sites for hydroxylation is 1. The number of furan rings is 1. The molecule has 1 radical (unpaired) electrons. The topological polar surface area (TPSA) is 38.9 Å². The van der Waals surface area contributed by atoms with E-state index in [-0.39, 0.29) is 20.1 Å². The van der Waals surface area contributed by atoms with Gasteiger partial charge in [-0.25, -0.2) is 0 Å². The number of benzene rings is 4. The van der Waals surface area contributed by atoms with Crippen LogP contribution in [-0.4, -0.2) is 23.2 Å². The number of aromatic nitrogens is 2. The van der Waals surface area contributed by atoms with Crippen LogP contribution in [0.2, 0.25) is 17.3 Å². The Balaban J connectivity index is 0.000000207. The fraction of sp³-hybridized carbons (Fsp3) is 0.171. The van der Waals surface area contributed by atoms with E-state index in [1.807, 2.05) is 74.5 Å². The summed E-state index contributed by atoms with van der Waals surface area (Å²) >= 11 is -1.77. The Bertz CT molecular complexity index is 2130. The molecule has 0 saturated heterocycles. The molecule has 5 heteroatoms. The van der Waals surface area contributed by atoms with Gasteiger partial charge in [-0.1, -0.05) is 85.0 Å². The van der Waals surface area contributed by atoms with Gasteiger partial charge in [0, 0.05) is 38.6 Å². The van der Waals surface area contributed by atoms with Gasteiger partial charge < -0.3 is 9.40 Å². The molecule has 0 spiro atoms. The summed E-state index contributed by atoms with van der Waals surface area (Å²) in [5.41, 5.74) is 9.82. The fourth-order valence-corrected chi connectivity index (χ4v) is 9.30. The largest absolute Gasteiger partial charge is 0.500 e. The predicted octanol–water partition coefficient (Wildman–Crippen LogP) is 10.6. The molecule has 46 heavy (non-hydrogen) atoms. The van der Waals surface area contributed by atoms with E-state index in [4.69, 9.17) is 5.79 Å². The first-order valence-electron chi connectivity index (χ1n) is 15.8. The van der Waals surface area contributed by atoms with Crippen LogP contribution in [0, 0.1) is 19.1 Å². The monoisotopic (exact) mass is 842 g/mol. The zero-order chi connectivity index (χ0) is 32.5. The summed E-state index contributed by atoms with van der Waals surface area (Å²) in [4.78, 5) is 9.14. The molecule has 7 aromatic rings. The zero-order valence-electron chi connectivity index (χ0n) is 28.1. The van der Waals surface area contributed by atoms with Crippen LogP contribution in [0.15, 0.2) is 120 Å². The van der Waals surface area contributed by atoms with E-state index < -0.39 is 19.2 Å². The summed E-state index contributed by atoms with van der Waals surface area (Å²) in [6.45, 7) is 5.95. The predicted molar refractivity (Wildman–Crippen MR) is 192 cm³/mol. The van der Waals surface area contributed by atoms with Gasteiger partial charge in [0.05, 0.1) is 5.58 Å². The van der Waals surface area contributed by atoms with Crippen molar-refractivity contribution < 1.29 is 25.9 Å². The SMILES string of the molecule is Cc1cc(-c2[c-]cccc2)nc[c]1[Ge]([CH3])([CH3])[CH3].[2H]C(C)(C)c1ccnc(-c2[c-]ccc3c2oc2c(-c4ccccc4)cccc23)c1.[Ir]. The van der Waals surface area contributed by atoms with E-state index in [0.29, 0.717) is 0 Å². The summed E-state index contributed by atoms with van der Waals surface area (Å²) in [6, 6.07) is 41.1. The minimum absolute atomic E-state index is 0. The normalized spacial score (nSPS) is 11.8. The molecular weight excluding hydrogens is 801 g/mol. The number of nitrogens with zero attached hydrogens (tertiary/aromatic N) is 2. The minimum Gasteiger partial charge on any atom is -0.500 e. The number of rotatable bonds is 5. The number of hydrogen-bond acceptors (Lipinski definition) is 3. The molecule has 0 atom stereocenters. The maximum absolute atomic E-state index is 8.34. The quantitative estimate of drug-likeness (QED) is 0.128. The van der Waals surface area contributed by atoms with Gasteiger partial charge in [0.25, 0.3) is 0 Å². The number of fused-ring (bicyclic) bond motifs is 3. The first kappa shape index (κ1) is 32.1. The molecule has 3 nitrogen and oxygen atoms in total. The fourth-order valence-electron chi connectivity index (χ4n) is 5.72. The second-order valence-electron chi connectivity index (χ2n) is 12.6. The second-order valence-corrected chi connectivity index (χ2v) is 23.2. The van der Waals surface area contributed by atoms with E-state index >= 15 is 0 Å². The van der Waals surface area contributed by atoms with Crippen LogP contribution in [0.1, 0.15) is 32.2 Å². The van der Waals surface area contributed by atoms with Gasteiger partial charge in [0.2, 0.25) is 0 Å². The van der Waals surface area contributed by atoms with Crippen molar-refractivity contribution in [3.8, 4) is 33.6 Å². The molecule has 3 aromatic heterocycles. The first-order valence-corrected chi connectivity index (χ1v) is 22.7. The van der Waals surface area contributed by atoms with Crippen LogP contribution >= 0.6 is 0 Å². The van der Waals surface area contributed by atoms with Crippen molar-refractivity contribution in [1.29, 1.82) is 0 Å². The Morgan fingerprint density at radius 3 is 2.22 bits per heavy atom. The average Bonchev–Trinajstić information content (AvgIpc) is 3.44. The van der Waals surface area contributed by atoms with Crippen LogP contribution in [-0.2, 0) is 20.1 Å². The summed E-state index contributed by atoms with van der Waals surface area (Å²) in [6.07, 6.45) is 3.83. The van der Waals surface area contributed by atoms with Gasteiger partial charge in [0.1, 0.15) is 5.58 Å². The summed E-state index contributed by atoms with van der Waals surface area (Å²) < 4.78 is 16.3. The minimum atomic E-state index is -1.77. The molecule has 0 saturated carbocycles. The van der Waals surface area contributed by atoms with Crippen LogP contribution in [0.3, 0.4) is 0 Å². The van der Waals surface area contributed by atoms with E-state index in [9.17, 15) is 0 Å². The third-order valence-corrected chi connectivity index (χ3v) is 12.5. The number of hydrogen-bond donors (Lipinski definition) is 0. The summed E-state index contributed by atoms with van der Waals surface area (Å²) in [7, 11) is 0. The third-order valence-electron chi connectivity index (χ3n) is 8.04. The van der Waals surface area contributed by atoms with Gasteiger partial charge in [-0.05, 0) is 23.2 Å². The second kappa shape index (κ2) is 14.3. The van der Waals surface area contributed by atoms with Gasteiger partial charge >= 0.3 is 106 Å². The van der Waals surface area contributed by atoms with Crippen molar-refractivity contribution in [2.45, 2.75) is 43.9 Å². The molecule has 0 fully saturated rings.